The average Bonchev–Trinajstić information content (AvgIpc) is 3.27. The van der Waals surface area contributed by atoms with E-state index in [-0.39, 0.29) is 29.9 Å². The first-order valence-corrected chi connectivity index (χ1v) is 27.2. The summed E-state index contributed by atoms with van der Waals surface area (Å²) in [4.78, 5) is 0.150. The highest BCUT2D eigenvalue weighted by Gasteiger charge is 2.37. The Kier molecular flexibility index (Phi) is 27.7. The van der Waals surface area contributed by atoms with E-state index in [2.05, 4.69) is 88.5 Å². The second-order valence-electron chi connectivity index (χ2n) is 20.8. The second kappa shape index (κ2) is 29.7. The lowest BCUT2D eigenvalue weighted by Crippen LogP contribution is -2.40. The number of alkyl halides is 1. The van der Waals surface area contributed by atoms with Gasteiger partial charge in [-0.25, -0.2) is 0 Å². The van der Waals surface area contributed by atoms with Gasteiger partial charge in [0.25, 0.3) is 10.1 Å². The monoisotopic (exact) mass is 1020 g/mol. The second-order valence-corrected chi connectivity index (χ2v) is 23.2. The van der Waals surface area contributed by atoms with Crippen molar-refractivity contribution in [3.8, 4) is 0 Å². The zero-order valence-electron chi connectivity index (χ0n) is 43.7. The molecule has 0 radical (unpaired) electrons. The maximum Gasteiger partial charge on any atom is 0.296 e. The summed E-state index contributed by atoms with van der Waals surface area (Å²) in [6, 6.07) is 6.55. The van der Waals surface area contributed by atoms with Crippen LogP contribution < -0.4 is 0 Å². The molecule has 0 amide bonds. The fourth-order valence-electron chi connectivity index (χ4n) is 8.02. The summed E-state index contributed by atoms with van der Waals surface area (Å²) in [5, 5.41) is 51.2. The van der Waals surface area contributed by atoms with Crippen molar-refractivity contribution in [2.45, 2.75) is 206 Å². The number of aryl methyl sites for hydroxylation is 1. The molecular weight excluding hydrogens is 925 g/mol. The van der Waals surface area contributed by atoms with E-state index in [9.17, 15) is 28.8 Å². The number of benzene rings is 1. The summed E-state index contributed by atoms with van der Waals surface area (Å²) in [6.07, 6.45) is 22.8. The lowest BCUT2D eigenvalue weighted by atomic mass is 9.75. The van der Waals surface area contributed by atoms with Crippen molar-refractivity contribution in [1.29, 1.82) is 0 Å². The standard InChI is InChI=1S/C17H24O4S.C15H26O.C10H18O2.C10H16O.C5H9Br/c1-13-4-6-16(7-5-13)22(19,20)21-12-15(3)17(18)10-8-14(2)9-11-17;1-12(2)6-5-7-14(4)15(16)10-8-13(3)9-11-15;1-8-3-5-10(12,6-4-8)9(2)7-11;1-8(2)10(11)6-4-9(3)5-7-10;1-5(2)3-4-6/h4-8,15,18H,9-12H2,1-3H3;8,14,16H,1,5-7,9-11H2,2-4H3;3,9,11-12H,4-7H2,1-2H3;4,11H,1,5-7H2,2-3H3;1,3-4H2,2H3. The summed E-state index contributed by atoms with van der Waals surface area (Å²) >= 11 is 3.29. The van der Waals surface area contributed by atoms with Gasteiger partial charge in [0, 0.05) is 23.8 Å². The van der Waals surface area contributed by atoms with Gasteiger partial charge >= 0.3 is 0 Å². The van der Waals surface area contributed by atoms with Gasteiger partial charge in [-0.3, -0.25) is 4.18 Å². The van der Waals surface area contributed by atoms with Gasteiger partial charge in [0.1, 0.15) is 0 Å². The van der Waals surface area contributed by atoms with Crippen LogP contribution in [0.3, 0.4) is 0 Å². The summed E-state index contributed by atoms with van der Waals surface area (Å²) in [5.41, 5.74) is 7.20. The predicted molar refractivity (Wildman–Crippen MR) is 286 cm³/mol. The maximum atomic E-state index is 12.2. The molecule has 0 bridgehead atoms. The molecule has 67 heavy (non-hydrogen) atoms. The number of hydrogen-bond acceptors (Lipinski definition) is 8. The first-order valence-electron chi connectivity index (χ1n) is 24.7. The first kappa shape index (κ1) is 62.6. The molecule has 1 aromatic carbocycles. The molecule has 0 saturated heterocycles. The van der Waals surface area contributed by atoms with E-state index in [0.717, 1.165) is 99.9 Å². The van der Waals surface area contributed by atoms with Gasteiger partial charge in [-0.15, -0.1) is 13.2 Å². The van der Waals surface area contributed by atoms with Crippen molar-refractivity contribution < 1.29 is 38.1 Å². The van der Waals surface area contributed by atoms with Gasteiger partial charge in [-0.1, -0.05) is 119 Å². The molecule has 4 aliphatic rings. The largest absolute Gasteiger partial charge is 0.396 e. The minimum atomic E-state index is -3.77. The molecule has 0 aromatic heterocycles. The zero-order chi connectivity index (χ0) is 51.2. The van der Waals surface area contributed by atoms with E-state index >= 15 is 0 Å². The highest BCUT2D eigenvalue weighted by Crippen LogP contribution is 2.37. The topological polar surface area (TPSA) is 145 Å². The average molecular weight is 1020 g/mol. The fourth-order valence-corrected chi connectivity index (χ4v) is 9.68. The van der Waals surface area contributed by atoms with Crippen LogP contribution in [0.5, 0.6) is 0 Å². The molecular formula is C57H93BrO8S. The van der Waals surface area contributed by atoms with E-state index in [1.807, 2.05) is 47.6 Å². The molecule has 5 rings (SSSR count). The normalized spacial score (nSPS) is 26.2. The Balaban J connectivity index is 0.000000443. The maximum absolute atomic E-state index is 12.2. The highest BCUT2D eigenvalue weighted by atomic mass is 79.9. The van der Waals surface area contributed by atoms with E-state index in [0.29, 0.717) is 25.2 Å². The third-order valence-corrected chi connectivity index (χ3v) is 16.0. The Morgan fingerprint density at radius 3 is 1.37 bits per heavy atom. The molecule has 0 aliphatic heterocycles. The number of aliphatic hydroxyl groups is 5. The number of rotatable bonds is 15. The minimum Gasteiger partial charge on any atom is -0.396 e. The lowest BCUT2D eigenvalue weighted by molar-refractivity contribution is -0.0398. The summed E-state index contributed by atoms with van der Waals surface area (Å²) in [7, 11) is -3.77. The van der Waals surface area contributed by atoms with Crippen molar-refractivity contribution in [3.05, 3.63) is 113 Å². The summed E-state index contributed by atoms with van der Waals surface area (Å²) in [6.45, 7) is 33.7. The SMILES string of the molecule is C=C(C)C1(O)CC=C(C)CC1.C=C(C)CCBr.C=C(C)CCCC(C)C1(O)CC=C(C)CC1.CC1=CCC(O)(C(C)CO)CC1.CC1=CCC(O)(C(C)COS(=O)(=O)c2ccc(C)cc2)CC1. The van der Waals surface area contributed by atoms with Gasteiger partial charge in [0.2, 0.25) is 0 Å². The quantitative estimate of drug-likeness (QED) is 0.0664. The Hall–Kier alpha value is -2.41. The molecule has 1 aromatic rings. The highest BCUT2D eigenvalue weighted by molar-refractivity contribution is 9.09. The van der Waals surface area contributed by atoms with Gasteiger partial charge in [-0.05, 0) is 182 Å². The lowest BCUT2D eigenvalue weighted by Gasteiger charge is -2.36. The van der Waals surface area contributed by atoms with Crippen LogP contribution in [0.1, 0.15) is 178 Å². The van der Waals surface area contributed by atoms with Crippen LogP contribution in [-0.2, 0) is 14.3 Å². The van der Waals surface area contributed by atoms with Crippen molar-refractivity contribution in [1.82, 2.24) is 0 Å². The van der Waals surface area contributed by atoms with Gasteiger partial charge in [-0.2, -0.15) is 8.42 Å². The van der Waals surface area contributed by atoms with Gasteiger partial charge < -0.3 is 25.5 Å². The van der Waals surface area contributed by atoms with Crippen molar-refractivity contribution in [2.75, 3.05) is 18.5 Å². The van der Waals surface area contributed by atoms with E-state index in [4.69, 9.17) is 9.29 Å². The molecule has 7 unspecified atom stereocenters. The molecule has 8 nitrogen and oxygen atoms in total. The molecule has 382 valence electrons. The Morgan fingerprint density at radius 1 is 0.642 bits per heavy atom. The Bertz CT molecular complexity index is 1950. The molecule has 0 saturated carbocycles. The third kappa shape index (κ3) is 22.9. The first-order chi connectivity index (χ1) is 31.1. The van der Waals surface area contributed by atoms with Crippen LogP contribution in [0.25, 0.3) is 0 Å². The van der Waals surface area contributed by atoms with Crippen LogP contribution in [0.15, 0.2) is 112 Å². The molecule has 0 heterocycles. The smallest absolute Gasteiger partial charge is 0.296 e. The number of allylic oxidation sites excluding steroid dienone is 6. The molecule has 10 heteroatoms. The zero-order valence-corrected chi connectivity index (χ0v) is 46.1. The van der Waals surface area contributed by atoms with Crippen LogP contribution in [-0.4, -0.2) is 74.9 Å². The Labute approximate surface area is 417 Å². The van der Waals surface area contributed by atoms with Crippen molar-refractivity contribution >= 4 is 26.0 Å². The van der Waals surface area contributed by atoms with Crippen LogP contribution in [0.2, 0.25) is 0 Å². The van der Waals surface area contributed by atoms with Gasteiger partial charge in [0.05, 0.1) is 33.9 Å². The van der Waals surface area contributed by atoms with Crippen LogP contribution in [0.4, 0.5) is 0 Å². The van der Waals surface area contributed by atoms with Crippen LogP contribution in [0, 0.1) is 24.7 Å². The Morgan fingerprint density at radius 2 is 1.04 bits per heavy atom. The summed E-state index contributed by atoms with van der Waals surface area (Å²) < 4.78 is 29.5. The third-order valence-electron chi connectivity index (χ3n) is 14.4. The molecule has 0 spiro atoms. The van der Waals surface area contributed by atoms with Crippen LogP contribution >= 0.6 is 15.9 Å². The van der Waals surface area contributed by atoms with E-state index in [1.54, 1.807) is 12.1 Å². The van der Waals surface area contributed by atoms with Gasteiger partial charge in [0.15, 0.2) is 0 Å². The molecule has 5 N–H and O–H groups in total. The predicted octanol–water partition coefficient (Wildman–Crippen LogP) is 13.7. The minimum absolute atomic E-state index is 0.0122. The number of aliphatic hydroxyl groups excluding tert-OH is 1. The molecule has 7 atom stereocenters. The molecule has 4 aliphatic carbocycles. The van der Waals surface area contributed by atoms with Crippen molar-refractivity contribution in [3.63, 3.8) is 0 Å². The van der Waals surface area contributed by atoms with Crippen molar-refractivity contribution in [2.24, 2.45) is 17.8 Å². The number of hydrogen-bond donors (Lipinski definition) is 5. The fraction of sp³-hybridized carbons (Fsp3) is 0.649. The van der Waals surface area contributed by atoms with E-state index in [1.165, 1.54) is 45.6 Å². The van der Waals surface area contributed by atoms with E-state index < -0.39 is 32.5 Å². The molecule has 0 fully saturated rings. The number of halogens is 1. The summed E-state index contributed by atoms with van der Waals surface area (Å²) in [5.74, 6) is 0.134.